The van der Waals surface area contributed by atoms with Crippen molar-refractivity contribution in [1.29, 1.82) is 0 Å². The second kappa shape index (κ2) is 3.59. The van der Waals surface area contributed by atoms with E-state index in [-0.39, 0.29) is 33.8 Å². The molecular weight excluding hydrogens is 303 g/mol. The first-order chi connectivity index (χ1) is 9.99. The number of ether oxygens (including phenoxy) is 1. The Bertz CT molecular complexity index is 681. The molecule has 5 atom stereocenters. The van der Waals surface area contributed by atoms with E-state index in [0.29, 0.717) is 0 Å². The molecule has 108 valence electrons. The van der Waals surface area contributed by atoms with Crippen molar-refractivity contribution >= 4 is 23.2 Å². The van der Waals surface area contributed by atoms with Crippen molar-refractivity contribution in [2.24, 2.45) is 0 Å². The topological polar surface area (TPSA) is 12.5 Å². The molecule has 1 saturated heterocycles. The maximum atomic E-state index is 6.63. The van der Waals surface area contributed by atoms with Gasteiger partial charge in [0.2, 0.25) is 0 Å². The molecule has 1 fully saturated rings. The summed E-state index contributed by atoms with van der Waals surface area (Å²) < 4.78 is 6.32. The van der Waals surface area contributed by atoms with Crippen molar-refractivity contribution < 1.29 is 4.74 Å². The zero-order valence-corrected chi connectivity index (χ0v) is 13.4. The Morgan fingerprint density at radius 3 is 1.71 bits per heavy atom. The quantitative estimate of drug-likeness (QED) is 0.389. The molecule has 0 radical (unpaired) electrons. The van der Waals surface area contributed by atoms with Crippen LogP contribution in [0.5, 0.6) is 0 Å². The molecule has 0 N–H and O–H groups in total. The van der Waals surface area contributed by atoms with E-state index < -0.39 is 0 Å². The minimum Gasteiger partial charge on any atom is -0.361 e. The monoisotopic (exact) mass is 318 g/mol. The highest BCUT2D eigenvalue weighted by molar-refractivity contribution is 6.27. The van der Waals surface area contributed by atoms with E-state index in [1.54, 1.807) is 0 Å². The van der Waals surface area contributed by atoms with E-state index in [1.807, 2.05) is 12.2 Å². The highest BCUT2D eigenvalue weighted by atomic mass is 35.5. The molecule has 1 aromatic rings. The van der Waals surface area contributed by atoms with E-state index in [9.17, 15) is 0 Å². The molecule has 5 rings (SSSR count). The molecule has 1 nitrogen and oxygen atoms in total. The third-order valence-electron chi connectivity index (χ3n) is 5.80. The number of allylic oxidation sites excluding steroid dienone is 2. The van der Waals surface area contributed by atoms with Gasteiger partial charge in [-0.1, -0.05) is 36.4 Å². The number of benzene rings is 1. The number of epoxide rings is 1. The summed E-state index contributed by atoms with van der Waals surface area (Å²) in [5.41, 5.74) is 5.09. The summed E-state index contributed by atoms with van der Waals surface area (Å²) in [6.45, 7) is 4.38. The Morgan fingerprint density at radius 1 is 0.905 bits per heavy atom. The number of hydrogen-bond acceptors (Lipinski definition) is 1. The van der Waals surface area contributed by atoms with E-state index in [0.717, 1.165) is 0 Å². The van der Waals surface area contributed by atoms with Gasteiger partial charge in [0.15, 0.2) is 0 Å². The van der Waals surface area contributed by atoms with Crippen LogP contribution in [0.3, 0.4) is 0 Å². The van der Waals surface area contributed by atoms with Gasteiger partial charge in [0.25, 0.3) is 0 Å². The van der Waals surface area contributed by atoms with Gasteiger partial charge in [-0.25, -0.2) is 0 Å². The van der Waals surface area contributed by atoms with Gasteiger partial charge in [-0.15, -0.1) is 23.2 Å². The van der Waals surface area contributed by atoms with Crippen molar-refractivity contribution in [3.05, 3.63) is 58.7 Å². The normalized spacial score (nSPS) is 44.2. The lowest BCUT2D eigenvalue weighted by molar-refractivity contribution is 0.262. The van der Waals surface area contributed by atoms with Crippen LogP contribution in [0.2, 0.25) is 0 Å². The summed E-state index contributed by atoms with van der Waals surface area (Å²) in [7, 11) is 0. The fourth-order valence-electron chi connectivity index (χ4n) is 5.04. The second-order valence-corrected chi connectivity index (χ2v) is 7.94. The third-order valence-corrected chi connectivity index (χ3v) is 6.56. The Balaban J connectivity index is 1.80. The predicted octanol–water partition coefficient (Wildman–Crippen LogP) is 4.51. The first kappa shape index (κ1) is 12.8. The van der Waals surface area contributed by atoms with Gasteiger partial charge in [-0.3, -0.25) is 0 Å². The Morgan fingerprint density at radius 2 is 1.33 bits per heavy atom. The van der Waals surface area contributed by atoms with Crippen molar-refractivity contribution in [1.82, 2.24) is 0 Å². The van der Waals surface area contributed by atoms with Crippen molar-refractivity contribution in [3.63, 3.8) is 0 Å². The van der Waals surface area contributed by atoms with E-state index in [1.165, 1.54) is 22.3 Å². The molecule has 1 spiro atoms. The fraction of sp³-hybridized carbons (Fsp3) is 0.444. The lowest BCUT2D eigenvalue weighted by Gasteiger charge is -2.28. The maximum Gasteiger partial charge on any atom is 0.119 e. The molecule has 4 aliphatic rings. The van der Waals surface area contributed by atoms with Gasteiger partial charge in [-0.2, -0.15) is 0 Å². The molecular formula is C18H16Cl2O. The van der Waals surface area contributed by atoms with E-state index in [2.05, 4.69) is 38.1 Å². The second-order valence-electron chi connectivity index (χ2n) is 7.00. The number of hydrogen-bond donors (Lipinski definition) is 0. The fourth-order valence-corrected chi connectivity index (χ4v) is 5.72. The van der Waals surface area contributed by atoms with Gasteiger partial charge < -0.3 is 4.74 Å². The Labute approximate surface area is 134 Å². The summed E-state index contributed by atoms with van der Waals surface area (Å²) in [5, 5.41) is -0.120. The average Bonchev–Trinajstić information content (AvgIpc) is 2.78. The minimum atomic E-state index is -0.159. The van der Waals surface area contributed by atoms with Crippen LogP contribution in [0.1, 0.15) is 36.8 Å². The molecule has 0 saturated carbocycles. The molecule has 1 unspecified atom stereocenters. The van der Waals surface area contributed by atoms with Crippen LogP contribution in [0.4, 0.5) is 0 Å². The standard InChI is InChI=1S/C18H16Cl2O/c1-17(2)18(21-17)15-9-5-3-4-6-10(9)16(18)14-12(20)8-7-11(19)13(14)15/h3-8,11-12,15-16H,1-2H3/t11-,12+,15-,16+,18?. The number of fused-ring (bicyclic) bond motifs is 5. The lowest BCUT2D eigenvalue weighted by atomic mass is 9.81. The predicted molar refractivity (Wildman–Crippen MR) is 85.3 cm³/mol. The Hall–Kier alpha value is -0.760. The van der Waals surface area contributed by atoms with Gasteiger partial charge in [-0.05, 0) is 36.1 Å². The molecule has 0 amide bonds. The van der Waals surface area contributed by atoms with Gasteiger partial charge in [0.1, 0.15) is 5.60 Å². The number of halogens is 2. The first-order valence-electron chi connectivity index (χ1n) is 7.48. The van der Waals surface area contributed by atoms with Crippen molar-refractivity contribution in [2.75, 3.05) is 0 Å². The van der Waals surface area contributed by atoms with Crippen LogP contribution in [-0.4, -0.2) is 22.0 Å². The van der Waals surface area contributed by atoms with E-state index >= 15 is 0 Å². The van der Waals surface area contributed by atoms with Crippen LogP contribution < -0.4 is 0 Å². The third kappa shape index (κ3) is 1.23. The van der Waals surface area contributed by atoms with Crippen LogP contribution in [-0.2, 0) is 4.74 Å². The van der Waals surface area contributed by atoms with Crippen LogP contribution in [0.15, 0.2) is 47.6 Å². The zero-order valence-electron chi connectivity index (χ0n) is 11.9. The molecule has 3 aliphatic carbocycles. The first-order valence-corrected chi connectivity index (χ1v) is 8.35. The minimum absolute atomic E-state index is 0.0600. The number of alkyl halides is 2. The average molecular weight is 319 g/mol. The van der Waals surface area contributed by atoms with Crippen LogP contribution in [0.25, 0.3) is 0 Å². The highest BCUT2D eigenvalue weighted by Gasteiger charge is 2.79. The summed E-state index contributed by atoms with van der Waals surface area (Å²) in [5.74, 6) is 0.523. The largest absolute Gasteiger partial charge is 0.361 e. The molecule has 1 aromatic carbocycles. The maximum absolute atomic E-state index is 6.63. The molecule has 21 heavy (non-hydrogen) atoms. The molecule has 2 bridgehead atoms. The summed E-state index contributed by atoms with van der Waals surface area (Å²) in [4.78, 5) is 0. The highest BCUT2D eigenvalue weighted by Crippen LogP contribution is 2.77. The van der Waals surface area contributed by atoms with Gasteiger partial charge in [0.05, 0.1) is 16.4 Å². The van der Waals surface area contributed by atoms with Gasteiger partial charge in [0, 0.05) is 11.8 Å². The van der Waals surface area contributed by atoms with Gasteiger partial charge >= 0.3 is 0 Å². The van der Waals surface area contributed by atoms with Crippen LogP contribution >= 0.6 is 23.2 Å². The van der Waals surface area contributed by atoms with E-state index in [4.69, 9.17) is 27.9 Å². The number of rotatable bonds is 0. The summed E-state index contributed by atoms with van der Waals surface area (Å²) in [6.07, 6.45) is 4.06. The Kier molecular flexibility index (Phi) is 2.18. The smallest absolute Gasteiger partial charge is 0.119 e. The molecule has 1 aliphatic heterocycles. The SMILES string of the molecule is CC1(C)OC12[C@@H]1C3=C([C@H](Cl)C=C[C@@H]3Cl)[C@H]2c2ccccc21. The van der Waals surface area contributed by atoms with Crippen molar-refractivity contribution in [3.8, 4) is 0 Å². The summed E-state index contributed by atoms with van der Waals surface area (Å²) >= 11 is 13.3. The van der Waals surface area contributed by atoms with Crippen molar-refractivity contribution in [2.45, 2.75) is 47.6 Å². The lowest BCUT2D eigenvalue weighted by Crippen LogP contribution is -2.27. The van der Waals surface area contributed by atoms with Crippen LogP contribution in [0, 0.1) is 0 Å². The molecule has 1 heterocycles. The summed E-state index contributed by atoms with van der Waals surface area (Å²) in [6, 6.07) is 8.69. The molecule has 3 heteroatoms. The zero-order chi connectivity index (χ0) is 14.6. The molecule has 0 aromatic heterocycles.